The Hall–Kier alpha value is -6.15. The van der Waals surface area contributed by atoms with Crippen LogP contribution >= 0.6 is 0 Å². The molecule has 4 aromatic rings. The summed E-state index contributed by atoms with van der Waals surface area (Å²) in [6, 6.07) is 18.5. The van der Waals surface area contributed by atoms with E-state index >= 15 is 0 Å². The smallest absolute Gasteiger partial charge is 0.497 e. The lowest BCUT2D eigenvalue weighted by atomic mass is 9.77. The molecule has 1 fully saturated rings. The third-order valence-electron chi connectivity index (χ3n) is 8.55. The number of amidine groups is 1. The van der Waals surface area contributed by atoms with Crippen LogP contribution in [-0.2, 0) is 28.9 Å². The number of sulfonamides is 1. The molecule has 1 aromatic heterocycles. The van der Waals surface area contributed by atoms with E-state index in [0.717, 1.165) is 11.1 Å². The van der Waals surface area contributed by atoms with Crippen LogP contribution < -0.4 is 25.4 Å². The average Bonchev–Trinajstić information content (AvgIpc) is 3.47. The Kier molecular flexibility index (Phi) is 14.6. The molecule has 2 N–H and O–H groups in total. The van der Waals surface area contributed by atoms with Crippen LogP contribution in [0.1, 0.15) is 36.1 Å². The second kappa shape index (κ2) is 19.5. The molecule has 6 rings (SSSR count). The Bertz CT molecular complexity index is 2340. The molecule has 0 spiro atoms. The van der Waals surface area contributed by atoms with Gasteiger partial charge in [0.25, 0.3) is 10.0 Å². The summed E-state index contributed by atoms with van der Waals surface area (Å²) in [5.41, 5.74) is 3.53. The summed E-state index contributed by atoms with van der Waals surface area (Å²) in [5, 5.41) is 38.3. The van der Waals surface area contributed by atoms with Crippen molar-refractivity contribution in [1.82, 2.24) is 20.1 Å². The van der Waals surface area contributed by atoms with E-state index in [9.17, 15) is 28.1 Å². The van der Waals surface area contributed by atoms with Gasteiger partial charge in [-0.25, -0.2) is 10.0 Å². The van der Waals surface area contributed by atoms with E-state index in [0.29, 0.717) is 45.9 Å². The molecule has 0 saturated carbocycles. The van der Waals surface area contributed by atoms with Crippen LogP contribution in [0, 0.1) is 12.8 Å². The van der Waals surface area contributed by atoms with Gasteiger partial charge < -0.3 is 28.8 Å². The van der Waals surface area contributed by atoms with Gasteiger partial charge in [0.15, 0.2) is 11.7 Å². The Balaban J connectivity index is 0.000000256. The number of fused-ring (bicyclic) bond motifs is 1. The SMILES string of the molecule is COc1cc(/C=N/N(C)c2cc(C)cnn2)ccc1B(O)O.COc1cc(/C=N/N(CC(C)C)C2=NS(=O)(=O)c3ccccc32)ccc1B1OC(=O)CN(C)CC(=O)O1. The van der Waals surface area contributed by atoms with Crippen LogP contribution in [-0.4, -0.2) is 131 Å². The van der Waals surface area contributed by atoms with Crippen molar-refractivity contribution >= 4 is 71.2 Å². The molecule has 0 bridgehead atoms. The van der Waals surface area contributed by atoms with Crippen molar-refractivity contribution < 1.29 is 46.8 Å². The maximum Gasteiger partial charge on any atom is 0.640 e. The fraction of sp³-hybridized carbons (Fsp3) is 0.289. The number of aromatic nitrogens is 2. The predicted octanol–water partition coefficient (Wildman–Crippen LogP) is 0.807. The van der Waals surface area contributed by atoms with Crippen LogP contribution in [0.2, 0.25) is 0 Å². The number of carbonyl (C=O) groups excluding carboxylic acids is 2. The number of aryl methyl sites for hydroxylation is 1. The van der Waals surface area contributed by atoms with Crippen molar-refractivity contribution in [1.29, 1.82) is 0 Å². The fourth-order valence-electron chi connectivity index (χ4n) is 5.75. The minimum Gasteiger partial charge on any atom is -0.497 e. The summed E-state index contributed by atoms with van der Waals surface area (Å²) in [6.45, 7) is 6.24. The highest BCUT2D eigenvalue weighted by Gasteiger charge is 2.36. The number of carbonyl (C=O) groups is 2. The molecule has 3 aromatic carbocycles. The van der Waals surface area contributed by atoms with Crippen molar-refractivity contribution in [2.24, 2.45) is 20.5 Å². The van der Waals surface area contributed by atoms with Gasteiger partial charge in [-0.15, -0.1) is 9.50 Å². The standard InChI is InChI=1S/C24H27BN4O7S.C14H17BN4O3/c1-16(2)13-29(24-18-7-5-6-8-21(18)37(32,33)27-24)26-12-17-9-10-19(20(11-17)34-4)25-35-22(30)14-28(3)15-23(31)36-25;1-10-6-14(18-16-8-10)19(2)17-9-11-4-5-12(15(20)21)13(7-11)22-3/h5-12,16H,13-15H2,1-4H3;4-9,20-21H,1-3H3/b26-12+;17-9+. The highest BCUT2D eigenvalue weighted by molar-refractivity contribution is 7.90. The summed E-state index contributed by atoms with van der Waals surface area (Å²) in [7, 11) is -0.328. The number of hydrogen-bond acceptors (Lipinski definition) is 17. The summed E-state index contributed by atoms with van der Waals surface area (Å²) in [5.74, 6) is 0.680. The highest BCUT2D eigenvalue weighted by atomic mass is 32.2. The van der Waals surface area contributed by atoms with E-state index in [4.69, 9.17) is 18.8 Å². The molecule has 59 heavy (non-hydrogen) atoms. The Morgan fingerprint density at radius 2 is 1.58 bits per heavy atom. The number of benzene rings is 3. The predicted molar refractivity (Wildman–Crippen MR) is 223 cm³/mol. The number of rotatable bonds is 11. The quantitative estimate of drug-likeness (QED) is 0.122. The van der Waals surface area contributed by atoms with Gasteiger partial charge >= 0.3 is 26.2 Å². The molecular weight excluding hydrogens is 782 g/mol. The van der Waals surface area contributed by atoms with E-state index in [1.54, 1.807) is 97.3 Å². The van der Waals surface area contributed by atoms with Crippen molar-refractivity contribution in [2.45, 2.75) is 25.7 Å². The molecule has 21 heteroatoms. The second-order valence-electron chi connectivity index (χ2n) is 13.8. The molecule has 0 atom stereocenters. The number of nitrogens with zero attached hydrogens (tertiary/aromatic N) is 8. The molecule has 0 radical (unpaired) electrons. The Labute approximate surface area is 343 Å². The Morgan fingerprint density at radius 1 is 0.949 bits per heavy atom. The Morgan fingerprint density at radius 3 is 2.20 bits per heavy atom. The van der Waals surface area contributed by atoms with Crippen molar-refractivity contribution in [2.75, 3.05) is 53.0 Å². The number of hydrogen-bond donors (Lipinski definition) is 2. The number of ether oxygens (including phenoxy) is 2. The minimum atomic E-state index is -3.80. The van der Waals surface area contributed by atoms with Crippen LogP contribution in [0.15, 0.2) is 92.4 Å². The zero-order valence-electron chi connectivity index (χ0n) is 33.6. The molecule has 308 valence electrons. The van der Waals surface area contributed by atoms with Crippen LogP contribution in [0.3, 0.4) is 0 Å². The van der Waals surface area contributed by atoms with Gasteiger partial charge in [-0.1, -0.05) is 50.2 Å². The lowest BCUT2D eigenvalue weighted by Gasteiger charge is -2.23. The topological polar surface area (TPSA) is 218 Å². The van der Waals surface area contributed by atoms with Crippen molar-refractivity contribution in [3.8, 4) is 11.5 Å². The third-order valence-corrected chi connectivity index (χ3v) is 9.88. The van der Waals surface area contributed by atoms with Crippen molar-refractivity contribution in [3.05, 3.63) is 95.2 Å². The molecule has 18 nitrogen and oxygen atoms in total. The number of hydrazone groups is 2. The molecule has 0 aliphatic carbocycles. The zero-order valence-corrected chi connectivity index (χ0v) is 34.4. The summed E-state index contributed by atoms with van der Waals surface area (Å²) in [4.78, 5) is 25.9. The molecule has 2 aliphatic heterocycles. The lowest BCUT2D eigenvalue weighted by molar-refractivity contribution is -0.145. The van der Waals surface area contributed by atoms with Gasteiger partial charge in [0.2, 0.25) is 0 Å². The van der Waals surface area contributed by atoms with Gasteiger partial charge in [-0.05, 0) is 66.9 Å². The molecule has 0 amide bonds. The van der Waals surface area contributed by atoms with Crippen LogP contribution in [0.25, 0.3) is 0 Å². The maximum absolute atomic E-state index is 12.6. The van der Waals surface area contributed by atoms with E-state index in [1.165, 1.54) is 25.2 Å². The van der Waals surface area contributed by atoms with Crippen LogP contribution in [0.4, 0.5) is 5.82 Å². The van der Waals surface area contributed by atoms with E-state index in [1.807, 2.05) is 26.8 Å². The number of anilines is 1. The summed E-state index contributed by atoms with van der Waals surface area (Å²) < 4.78 is 50.4. The first-order valence-electron chi connectivity index (χ1n) is 18.2. The summed E-state index contributed by atoms with van der Waals surface area (Å²) >= 11 is 0. The van der Waals surface area contributed by atoms with Gasteiger partial charge in [0.05, 0.1) is 51.4 Å². The second-order valence-corrected chi connectivity index (χ2v) is 15.4. The third kappa shape index (κ3) is 11.5. The minimum absolute atomic E-state index is 0.0485. The first-order chi connectivity index (χ1) is 28.1. The van der Waals surface area contributed by atoms with E-state index < -0.39 is 36.2 Å². The largest absolute Gasteiger partial charge is 0.640 e. The average molecular weight is 827 g/mol. The van der Waals surface area contributed by atoms with Gasteiger partial charge in [0.1, 0.15) is 16.4 Å². The van der Waals surface area contributed by atoms with Gasteiger partial charge in [-0.3, -0.25) is 14.5 Å². The van der Waals surface area contributed by atoms with Crippen molar-refractivity contribution in [3.63, 3.8) is 0 Å². The lowest BCUT2D eigenvalue weighted by Crippen LogP contribution is -2.48. The first kappa shape index (κ1) is 44.0. The molecular formula is C38H44B2N8O10S. The molecule has 2 aliphatic rings. The fourth-order valence-corrected chi connectivity index (χ4v) is 6.96. The highest BCUT2D eigenvalue weighted by Crippen LogP contribution is 2.28. The van der Waals surface area contributed by atoms with Gasteiger partial charge in [-0.2, -0.15) is 23.7 Å². The normalized spacial score (nSPS) is 15.1. The van der Waals surface area contributed by atoms with Crippen LogP contribution in [0.5, 0.6) is 11.5 Å². The van der Waals surface area contributed by atoms with E-state index in [2.05, 4.69) is 24.8 Å². The first-order valence-corrected chi connectivity index (χ1v) is 19.6. The zero-order chi connectivity index (χ0) is 42.9. The van der Waals surface area contributed by atoms with Gasteiger partial charge in [0, 0.05) is 24.6 Å². The molecule has 1 saturated heterocycles. The monoisotopic (exact) mass is 826 g/mol. The maximum atomic E-state index is 12.6. The molecule has 0 unspecified atom stereocenters. The summed E-state index contributed by atoms with van der Waals surface area (Å²) in [6.07, 6.45) is 4.85. The number of methoxy groups -OCH3 is 2. The molecule has 3 heterocycles. The van der Waals surface area contributed by atoms with E-state index in [-0.39, 0.29) is 29.7 Å². The number of likely N-dealkylation sites (N-methyl/N-ethyl adjacent to an activating group) is 1.